The van der Waals surface area contributed by atoms with Crippen molar-refractivity contribution in [1.82, 2.24) is 5.32 Å². The van der Waals surface area contributed by atoms with Gasteiger partial charge in [0.2, 0.25) is 0 Å². The summed E-state index contributed by atoms with van der Waals surface area (Å²) in [7, 11) is 0. The third-order valence-electron chi connectivity index (χ3n) is 4.83. The lowest BCUT2D eigenvalue weighted by Crippen LogP contribution is -2.58. The van der Waals surface area contributed by atoms with Crippen LogP contribution in [0.5, 0.6) is 0 Å². The van der Waals surface area contributed by atoms with Gasteiger partial charge in [0.25, 0.3) is 0 Å². The Labute approximate surface area is 109 Å². The number of rotatable bonds is 2. The lowest BCUT2D eigenvalue weighted by atomic mass is 9.79. The zero-order chi connectivity index (χ0) is 11.6. The van der Waals surface area contributed by atoms with Crippen LogP contribution in [-0.4, -0.2) is 36.3 Å². The van der Waals surface area contributed by atoms with E-state index in [2.05, 4.69) is 17.1 Å². The summed E-state index contributed by atoms with van der Waals surface area (Å²) in [4.78, 5) is 0. The van der Waals surface area contributed by atoms with Crippen molar-refractivity contribution in [1.29, 1.82) is 0 Å². The summed E-state index contributed by atoms with van der Waals surface area (Å²) in [6, 6.07) is 0.634. The van der Waals surface area contributed by atoms with Crippen LogP contribution in [-0.2, 0) is 4.74 Å². The van der Waals surface area contributed by atoms with E-state index in [0.717, 1.165) is 19.1 Å². The second kappa shape index (κ2) is 5.50. The van der Waals surface area contributed by atoms with E-state index in [1.54, 1.807) is 0 Å². The van der Waals surface area contributed by atoms with Gasteiger partial charge in [0.1, 0.15) is 0 Å². The van der Waals surface area contributed by atoms with Crippen molar-refractivity contribution in [3.63, 3.8) is 0 Å². The van der Waals surface area contributed by atoms with Crippen LogP contribution in [0.15, 0.2) is 0 Å². The normalized spacial score (nSPS) is 39.9. The molecule has 1 N–H and O–H groups in total. The first-order valence-corrected chi connectivity index (χ1v) is 8.50. The molecule has 98 valence electrons. The Balaban J connectivity index is 1.62. The van der Waals surface area contributed by atoms with Gasteiger partial charge in [0, 0.05) is 18.3 Å². The largest absolute Gasteiger partial charge is 0.371 e. The third kappa shape index (κ3) is 2.66. The Morgan fingerprint density at radius 1 is 1.24 bits per heavy atom. The van der Waals surface area contributed by atoms with Gasteiger partial charge in [-0.2, -0.15) is 11.8 Å². The third-order valence-corrected chi connectivity index (χ3v) is 6.01. The molecule has 2 atom stereocenters. The molecule has 2 nitrogen and oxygen atoms in total. The van der Waals surface area contributed by atoms with Crippen LogP contribution in [0.1, 0.15) is 44.9 Å². The molecule has 3 rings (SSSR count). The Bertz CT molecular complexity index is 247. The quantitative estimate of drug-likeness (QED) is 0.820. The monoisotopic (exact) mass is 255 g/mol. The molecule has 0 radical (unpaired) electrons. The molecule has 3 fully saturated rings. The fraction of sp³-hybridized carbons (Fsp3) is 1.00. The lowest BCUT2D eigenvalue weighted by Gasteiger charge is -2.43. The first-order valence-electron chi connectivity index (χ1n) is 7.34. The fourth-order valence-electron chi connectivity index (χ4n) is 3.78. The summed E-state index contributed by atoms with van der Waals surface area (Å²) >= 11 is 2.08. The maximum atomic E-state index is 6.20. The predicted molar refractivity (Wildman–Crippen MR) is 73.6 cm³/mol. The molecule has 3 aliphatic rings. The Kier molecular flexibility index (Phi) is 3.98. The summed E-state index contributed by atoms with van der Waals surface area (Å²) in [6.45, 7) is 1.98. The van der Waals surface area contributed by atoms with Crippen LogP contribution in [0, 0.1) is 5.92 Å². The van der Waals surface area contributed by atoms with Crippen LogP contribution in [0.4, 0.5) is 0 Å². The van der Waals surface area contributed by atoms with Gasteiger partial charge in [-0.3, -0.25) is 0 Å². The smallest absolute Gasteiger partial charge is 0.0933 e. The first kappa shape index (κ1) is 12.3. The van der Waals surface area contributed by atoms with E-state index in [0.29, 0.717) is 6.04 Å². The molecule has 0 bridgehead atoms. The highest BCUT2D eigenvalue weighted by Gasteiger charge is 2.45. The van der Waals surface area contributed by atoms with E-state index in [1.165, 1.54) is 56.5 Å². The van der Waals surface area contributed by atoms with Gasteiger partial charge >= 0.3 is 0 Å². The zero-order valence-corrected chi connectivity index (χ0v) is 11.6. The topological polar surface area (TPSA) is 21.3 Å². The molecule has 0 aromatic heterocycles. The first-order chi connectivity index (χ1) is 8.39. The Morgan fingerprint density at radius 3 is 2.88 bits per heavy atom. The van der Waals surface area contributed by atoms with Gasteiger partial charge in [-0.05, 0) is 24.5 Å². The van der Waals surface area contributed by atoms with Gasteiger partial charge in [0.05, 0.1) is 12.2 Å². The van der Waals surface area contributed by atoms with E-state index >= 15 is 0 Å². The van der Waals surface area contributed by atoms with Gasteiger partial charge < -0.3 is 10.1 Å². The number of hydrogen-bond acceptors (Lipinski definition) is 3. The predicted octanol–water partition coefficient (Wildman–Crippen LogP) is 2.82. The van der Waals surface area contributed by atoms with Crippen LogP contribution < -0.4 is 5.32 Å². The van der Waals surface area contributed by atoms with E-state index < -0.39 is 0 Å². The maximum Gasteiger partial charge on any atom is 0.0933 e. The van der Waals surface area contributed by atoms with Crippen molar-refractivity contribution < 1.29 is 4.74 Å². The molecule has 1 aliphatic carbocycles. The molecule has 2 unspecified atom stereocenters. The van der Waals surface area contributed by atoms with Crippen molar-refractivity contribution in [2.75, 3.05) is 24.7 Å². The highest BCUT2D eigenvalue weighted by atomic mass is 32.2. The van der Waals surface area contributed by atoms with Crippen molar-refractivity contribution >= 4 is 11.8 Å². The molecule has 3 heteroatoms. The maximum absolute atomic E-state index is 6.20. The van der Waals surface area contributed by atoms with E-state index in [4.69, 9.17) is 4.74 Å². The highest BCUT2D eigenvalue weighted by molar-refractivity contribution is 7.99. The van der Waals surface area contributed by atoms with E-state index in [1.807, 2.05) is 0 Å². The Hall–Kier alpha value is 0.270. The van der Waals surface area contributed by atoms with E-state index in [9.17, 15) is 0 Å². The zero-order valence-electron chi connectivity index (χ0n) is 10.7. The molecule has 17 heavy (non-hydrogen) atoms. The molecule has 2 aliphatic heterocycles. The van der Waals surface area contributed by atoms with Gasteiger partial charge in [-0.1, -0.05) is 32.1 Å². The van der Waals surface area contributed by atoms with E-state index in [-0.39, 0.29) is 5.60 Å². The number of thioether (sulfide) groups is 1. The standard InChI is InChI=1S/C14H25NOS/c1-2-4-12(5-3-1)10-13-14(6-9-17-11-14)16-8-7-15-13/h12-13,15H,1-11H2. The number of nitrogens with one attached hydrogen (secondary N) is 1. The lowest BCUT2D eigenvalue weighted by molar-refractivity contribution is -0.0842. The molecule has 0 aromatic rings. The molecule has 1 spiro atoms. The molecular formula is C14H25NOS. The van der Waals surface area contributed by atoms with Crippen LogP contribution in [0.2, 0.25) is 0 Å². The summed E-state index contributed by atoms with van der Waals surface area (Å²) < 4.78 is 6.20. The molecule has 0 aromatic carbocycles. The van der Waals surface area contributed by atoms with Crippen molar-refractivity contribution in [3.05, 3.63) is 0 Å². The van der Waals surface area contributed by atoms with Crippen LogP contribution >= 0.6 is 11.8 Å². The summed E-state index contributed by atoms with van der Waals surface area (Å²) in [5.74, 6) is 3.48. The Morgan fingerprint density at radius 2 is 2.12 bits per heavy atom. The minimum atomic E-state index is 0.195. The molecule has 1 saturated carbocycles. The molecule has 0 amide bonds. The van der Waals surface area contributed by atoms with Crippen LogP contribution in [0.25, 0.3) is 0 Å². The number of morpholine rings is 1. The van der Waals surface area contributed by atoms with Crippen LogP contribution in [0.3, 0.4) is 0 Å². The highest BCUT2D eigenvalue weighted by Crippen LogP contribution is 2.39. The average molecular weight is 255 g/mol. The van der Waals surface area contributed by atoms with Crippen molar-refractivity contribution in [2.24, 2.45) is 5.92 Å². The number of ether oxygens (including phenoxy) is 1. The SMILES string of the molecule is C1CCC(CC2NCCOC23CCSC3)CC1. The second-order valence-corrected chi connectivity index (χ2v) is 7.07. The van der Waals surface area contributed by atoms with Gasteiger partial charge in [-0.25, -0.2) is 0 Å². The average Bonchev–Trinajstić information content (AvgIpc) is 2.83. The molecule has 2 saturated heterocycles. The summed E-state index contributed by atoms with van der Waals surface area (Å²) in [5, 5.41) is 3.76. The summed E-state index contributed by atoms with van der Waals surface area (Å²) in [5.41, 5.74) is 0.195. The fourth-order valence-corrected chi connectivity index (χ4v) is 5.19. The van der Waals surface area contributed by atoms with Gasteiger partial charge in [0.15, 0.2) is 0 Å². The molecular weight excluding hydrogens is 230 g/mol. The van der Waals surface area contributed by atoms with Gasteiger partial charge in [-0.15, -0.1) is 0 Å². The summed E-state index contributed by atoms with van der Waals surface area (Å²) in [6.07, 6.45) is 9.93. The molecule has 2 heterocycles. The number of hydrogen-bond donors (Lipinski definition) is 1. The van der Waals surface area contributed by atoms with Crippen molar-refractivity contribution in [2.45, 2.75) is 56.6 Å². The minimum absolute atomic E-state index is 0.195. The minimum Gasteiger partial charge on any atom is -0.371 e. The van der Waals surface area contributed by atoms with Crippen molar-refractivity contribution in [3.8, 4) is 0 Å². The second-order valence-electron chi connectivity index (χ2n) is 5.96.